The van der Waals surface area contributed by atoms with Crippen molar-refractivity contribution in [3.05, 3.63) is 59.2 Å². The lowest BCUT2D eigenvalue weighted by atomic mass is 10.1. The maximum Gasteiger partial charge on any atom is 0.205 e. The molecule has 3 nitrogen and oxygen atoms in total. The van der Waals surface area contributed by atoms with E-state index in [-0.39, 0.29) is 18.2 Å². The lowest BCUT2D eigenvalue weighted by molar-refractivity contribution is 0.337. The van der Waals surface area contributed by atoms with Gasteiger partial charge in [-0.05, 0) is 37.4 Å². The van der Waals surface area contributed by atoms with Crippen molar-refractivity contribution in [2.45, 2.75) is 13.8 Å². The molecule has 0 radical (unpaired) electrons. The molecule has 28 heavy (non-hydrogen) atoms. The Morgan fingerprint density at radius 2 is 1.36 bits per heavy atom. The van der Waals surface area contributed by atoms with Gasteiger partial charge in [0.05, 0.1) is 12.7 Å². The summed E-state index contributed by atoms with van der Waals surface area (Å²) < 4.78 is 67.1. The van der Waals surface area contributed by atoms with Crippen LogP contribution in [0.3, 0.4) is 0 Å². The first-order chi connectivity index (χ1) is 12.9. The maximum absolute atomic E-state index is 14.3. The SMILES string of the molecule is CCN(CC)C/C=C/c1c(F)c(F)c(Oc2ccc(OC)cc2)c(F)c1F.Cl. The summed E-state index contributed by atoms with van der Waals surface area (Å²) in [7, 11) is 1.45. The van der Waals surface area contributed by atoms with Gasteiger partial charge in [-0.2, -0.15) is 8.78 Å². The molecule has 0 saturated heterocycles. The van der Waals surface area contributed by atoms with Crippen molar-refractivity contribution in [2.75, 3.05) is 26.7 Å². The van der Waals surface area contributed by atoms with Gasteiger partial charge in [-0.1, -0.05) is 26.0 Å². The number of methoxy groups -OCH3 is 1. The molecule has 0 bridgehead atoms. The smallest absolute Gasteiger partial charge is 0.205 e. The molecule has 0 spiro atoms. The van der Waals surface area contributed by atoms with Gasteiger partial charge >= 0.3 is 0 Å². The molecule has 154 valence electrons. The third-order valence-corrected chi connectivity index (χ3v) is 4.08. The van der Waals surface area contributed by atoms with Gasteiger partial charge in [0.15, 0.2) is 11.6 Å². The Hall–Kier alpha value is -2.25. The van der Waals surface area contributed by atoms with Crippen LogP contribution in [-0.2, 0) is 0 Å². The van der Waals surface area contributed by atoms with Gasteiger partial charge < -0.3 is 14.4 Å². The molecule has 0 atom stereocenters. The van der Waals surface area contributed by atoms with E-state index in [0.29, 0.717) is 12.3 Å². The second-order valence-corrected chi connectivity index (χ2v) is 5.66. The standard InChI is InChI=1S/C20H21F4NO2.ClH/c1-4-25(5-2)12-6-7-15-16(21)18(23)20(19(24)17(15)22)27-14-10-8-13(26-3)9-11-14;/h6-11H,4-5,12H2,1-3H3;1H/b7-6+;. The molecular formula is C20H22ClF4NO2. The first-order valence-electron chi connectivity index (χ1n) is 8.49. The highest BCUT2D eigenvalue weighted by Gasteiger charge is 2.26. The topological polar surface area (TPSA) is 21.7 Å². The first-order valence-corrected chi connectivity index (χ1v) is 8.49. The van der Waals surface area contributed by atoms with E-state index >= 15 is 0 Å². The minimum absolute atomic E-state index is 0. The minimum Gasteiger partial charge on any atom is -0.497 e. The molecule has 0 heterocycles. The van der Waals surface area contributed by atoms with Crippen LogP contribution in [0.4, 0.5) is 17.6 Å². The van der Waals surface area contributed by atoms with Gasteiger partial charge in [-0.3, -0.25) is 0 Å². The fourth-order valence-corrected chi connectivity index (χ4v) is 2.43. The number of likely N-dealkylation sites (N-methyl/N-ethyl adjacent to an activating group) is 1. The molecule has 0 amide bonds. The Morgan fingerprint density at radius 1 is 0.857 bits per heavy atom. The summed E-state index contributed by atoms with van der Waals surface area (Å²) in [5.74, 6) is -6.82. The summed E-state index contributed by atoms with van der Waals surface area (Å²) in [5, 5.41) is 0. The molecule has 2 aromatic carbocycles. The Balaban J connectivity index is 0.00000392. The summed E-state index contributed by atoms with van der Waals surface area (Å²) in [6, 6.07) is 5.71. The molecule has 0 aliphatic carbocycles. The van der Waals surface area contributed by atoms with Crippen LogP contribution in [0.15, 0.2) is 30.3 Å². The molecule has 0 aliphatic rings. The molecule has 0 aromatic heterocycles. The maximum atomic E-state index is 14.3. The summed E-state index contributed by atoms with van der Waals surface area (Å²) in [6.45, 7) is 5.75. The number of halogens is 5. The summed E-state index contributed by atoms with van der Waals surface area (Å²) in [6.07, 6.45) is 2.49. The van der Waals surface area contributed by atoms with Crippen LogP contribution in [0.2, 0.25) is 0 Å². The van der Waals surface area contributed by atoms with Crippen LogP contribution in [0, 0.1) is 23.3 Å². The molecule has 0 N–H and O–H groups in total. The predicted molar refractivity (Wildman–Crippen MR) is 103 cm³/mol. The Kier molecular flexibility index (Phi) is 9.28. The van der Waals surface area contributed by atoms with Gasteiger partial charge in [0, 0.05) is 6.54 Å². The number of rotatable bonds is 8. The fourth-order valence-electron chi connectivity index (χ4n) is 2.43. The van der Waals surface area contributed by atoms with E-state index in [1.807, 2.05) is 18.7 Å². The van der Waals surface area contributed by atoms with Crippen LogP contribution < -0.4 is 9.47 Å². The quantitative estimate of drug-likeness (QED) is 0.397. The molecule has 2 rings (SSSR count). The highest BCUT2D eigenvalue weighted by molar-refractivity contribution is 5.85. The van der Waals surface area contributed by atoms with Crippen molar-refractivity contribution in [3.8, 4) is 17.2 Å². The average molecular weight is 420 g/mol. The average Bonchev–Trinajstić information content (AvgIpc) is 2.70. The number of benzene rings is 2. The van der Waals surface area contributed by atoms with Crippen LogP contribution >= 0.6 is 12.4 Å². The molecule has 0 unspecified atom stereocenters. The van der Waals surface area contributed by atoms with Crippen LogP contribution in [-0.4, -0.2) is 31.6 Å². The van der Waals surface area contributed by atoms with Crippen molar-refractivity contribution >= 4 is 18.5 Å². The number of hydrogen-bond acceptors (Lipinski definition) is 3. The van der Waals surface area contributed by atoms with Crippen LogP contribution in [0.1, 0.15) is 19.4 Å². The van der Waals surface area contributed by atoms with E-state index < -0.39 is 34.6 Å². The van der Waals surface area contributed by atoms with E-state index in [9.17, 15) is 17.6 Å². The number of hydrogen-bond donors (Lipinski definition) is 0. The molecule has 0 saturated carbocycles. The highest BCUT2D eigenvalue weighted by Crippen LogP contribution is 2.34. The fraction of sp³-hybridized carbons (Fsp3) is 0.300. The second kappa shape index (κ2) is 10.9. The Labute approximate surface area is 168 Å². The van der Waals surface area contributed by atoms with E-state index in [2.05, 4.69) is 0 Å². The van der Waals surface area contributed by atoms with Gasteiger partial charge in [-0.25, -0.2) is 8.78 Å². The summed E-state index contributed by atoms with van der Waals surface area (Å²) in [5.41, 5.74) is -0.778. The molecule has 0 fully saturated rings. The van der Waals surface area contributed by atoms with Crippen molar-refractivity contribution in [3.63, 3.8) is 0 Å². The third-order valence-electron chi connectivity index (χ3n) is 4.08. The molecule has 0 aliphatic heterocycles. The molecule has 8 heteroatoms. The van der Waals surface area contributed by atoms with Gasteiger partial charge in [0.1, 0.15) is 11.5 Å². The number of ether oxygens (including phenoxy) is 2. The van der Waals surface area contributed by atoms with Crippen LogP contribution in [0.5, 0.6) is 17.2 Å². The highest BCUT2D eigenvalue weighted by atomic mass is 35.5. The van der Waals surface area contributed by atoms with Gasteiger partial charge in [0.25, 0.3) is 0 Å². The molecule has 2 aromatic rings. The summed E-state index contributed by atoms with van der Waals surface area (Å²) >= 11 is 0. The summed E-state index contributed by atoms with van der Waals surface area (Å²) in [4.78, 5) is 1.97. The molecular weight excluding hydrogens is 398 g/mol. The van der Waals surface area contributed by atoms with E-state index in [4.69, 9.17) is 9.47 Å². The number of nitrogens with zero attached hydrogens (tertiary/aromatic N) is 1. The van der Waals surface area contributed by atoms with E-state index in [1.165, 1.54) is 37.5 Å². The predicted octanol–water partition coefficient (Wildman–Crippen LogP) is 5.82. The zero-order chi connectivity index (χ0) is 20.0. The van der Waals surface area contributed by atoms with Crippen LogP contribution in [0.25, 0.3) is 6.08 Å². The third kappa shape index (κ3) is 5.39. The van der Waals surface area contributed by atoms with Crippen molar-refractivity contribution in [1.82, 2.24) is 4.90 Å². The first kappa shape index (κ1) is 23.8. The van der Waals surface area contributed by atoms with Crippen molar-refractivity contribution in [2.24, 2.45) is 0 Å². The van der Waals surface area contributed by atoms with Crippen molar-refractivity contribution < 1.29 is 27.0 Å². The van der Waals surface area contributed by atoms with E-state index in [0.717, 1.165) is 19.2 Å². The second-order valence-electron chi connectivity index (χ2n) is 5.66. The van der Waals surface area contributed by atoms with Gasteiger partial charge in [-0.15, -0.1) is 12.4 Å². The largest absolute Gasteiger partial charge is 0.497 e. The van der Waals surface area contributed by atoms with Crippen molar-refractivity contribution in [1.29, 1.82) is 0 Å². The Bertz CT molecular complexity index is 780. The lowest BCUT2D eigenvalue weighted by Crippen LogP contribution is -2.22. The zero-order valence-electron chi connectivity index (χ0n) is 15.8. The zero-order valence-corrected chi connectivity index (χ0v) is 16.6. The Morgan fingerprint density at radius 3 is 1.82 bits per heavy atom. The monoisotopic (exact) mass is 419 g/mol. The van der Waals surface area contributed by atoms with Gasteiger partial charge in [0.2, 0.25) is 17.4 Å². The van der Waals surface area contributed by atoms with E-state index in [1.54, 1.807) is 0 Å². The lowest BCUT2D eigenvalue weighted by Gasteiger charge is -2.15. The normalized spacial score (nSPS) is 11.0. The minimum atomic E-state index is -1.59.